The maximum Gasteiger partial charge on any atom is 0.416 e. The Morgan fingerprint density at radius 3 is 2.53 bits per heavy atom. The summed E-state index contributed by atoms with van der Waals surface area (Å²) in [4.78, 5) is 12.8. The van der Waals surface area contributed by atoms with Crippen molar-refractivity contribution >= 4 is 23.2 Å². The molecule has 1 heterocycles. The second kappa shape index (κ2) is 4.22. The van der Waals surface area contributed by atoms with Crippen LogP contribution in [0.1, 0.15) is 18.4 Å². The van der Waals surface area contributed by atoms with Gasteiger partial charge in [-0.2, -0.15) is 13.2 Å². The molecule has 1 aliphatic rings. The minimum Gasteiger partial charge on any atom is -0.311 e. The van der Waals surface area contributed by atoms with Gasteiger partial charge in [-0.05, 0) is 24.6 Å². The number of halogens is 4. The third-order valence-electron chi connectivity index (χ3n) is 2.64. The summed E-state index contributed by atoms with van der Waals surface area (Å²) < 4.78 is 37.6. The van der Waals surface area contributed by atoms with Gasteiger partial charge in [0, 0.05) is 13.0 Å². The highest BCUT2D eigenvalue weighted by atomic mass is 35.5. The Balaban J connectivity index is 2.42. The molecule has 1 fully saturated rings. The van der Waals surface area contributed by atoms with Crippen LogP contribution in [0.5, 0.6) is 0 Å². The van der Waals surface area contributed by atoms with Gasteiger partial charge in [-0.25, -0.2) is 0 Å². The van der Waals surface area contributed by atoms with E-state index in [0.717, 1.165) is 12.1 Å². The van der Waals surface area contributed by atoms with Gasteiger partial charge in [-0.1, -0.05) is 11.6 Å². The monoisotopic (exact) mass is 263 g/mol. The van der Waals surface area contributed by atoms with Crippen molar-refractivity contribution in [2.24, 2.45) is 0 Å². The number of rotatable bonds is 1. The van der Waals surface area contributed by atoms with E-state index in [0.29, 0.717) is 19.4 Å². The summed E-state index contributed by atoms with van der Waals surface area (Å²) in [5.74, 6) is -0.189. The molecular weight excluding hydrogens is 255 g/mol. The van der Waals surface area contributed by atoms with Crippen molar-refractivity contribution in [2.45, 2.75) is 19.0 Å². The maximum atomic E-state index is 12.5. The number of carbonyl (C=O) groups excluding carboxylic acids is 1. The summed E-state index contributed by atoms with van der Waals surface area (Å²) in [6.45, 7) is 0.417. The molecule has 1 amide bonds. The first-order chi connectivity index (χ1) is 7.89. The lowest BCUT2D eigenvalue weighted by atomic mass is 10.2. The first-order valence-corrected chi connectivity index (χ1v) is 5.44. The highest BCUT2D eigenvalue weighted by Crippen LogP contribution is 2.36. The Hall–Kier alpha value is -1.23. The van der Waals surface area contributed by atoms with Gasteiger partial charge in [0.05, 0.1) is 16.3 Å². The average molecular weight is 264 g/mol. The fourth-order valence-corrected chi connectivity index (χ4v) is 2.02. The van der Waals surface area contributed by atoms with E-state index in [1.807, 2.05) is 0 Å². The Labute approximate surface area is 101 Å². The molecule has 1 saturated heterocycles. The van der Waals surface area contributed by atoms with Crippen molar-refractivity contribution in [3.63, 3.8) is 0 Å². The van der Waals surface area contributed by atoms with Crippen molar-refractivity contribution < 1.29 is 18.0 Å². The van der Waals surface area contributed by atoms with Crippen molar-refractivity contribution in [2.75, 3.05) is 11.4 Å². The highest BCUT2D eigenvalue weighted by molar-refractivity contribution is 6.33. The molecule has 0 N–H and O–H groups in total. The minimum absolute atomic E-state index is 0.143. The third-order valence-corrected chi connectivity index (χ3v) is 2.96. The fraction of sp³-hybridized carbons (Fsp3) is 0.364. The summed E-state index contributed by atoms with van der Waals surface area (Å²) >= 11 is 5.83. The SMILES string of the molecule is O=C1CCCN1c1cc(C(F)(F)F)ccc1Cl. The number of anilines is 1. The van der Waals surface area contributed by atoms with Crippen LogP contribution in [-0.2, 0) is 11.0 Å². The summed E-state index contributed by atoms with van der Waals surface area (Å²) in [7, 11) is 0. The predicted octanol–water partition coefficient (Wildman–Crippen LogP) is 3.49. The molecule has 0 bridgehead atoms. The normalized spacial score (nSPS) is 16.7. The lowest BCUT2D eigenvalue weighted by Gasteiger charge is -2.19. The Kier molecular flexibility index (Phi) is 3.03. The molecular formula is C11H9ClF3NO. The summed E-state index contributed by atoms with van der Waals surface area (Å²) in [5, 5.41) is 0.160. The zero-order chi connectivity index (χ0) is 12.6. The molecule has 2 nitrogen and oxygen atoms in total. The predicted molar refractivity (Wildman–Crippen MR) is 58.0 cm³/mol. The summed E-state index contributed by atoms with van der Waals surface area (Å²) in [6.07, 6.45) is -3.43. The van der Waals surface area contributed by atoms with Crippen LogP contribution in [0.25, 0.3) is 0 Å². The van der Waals surface area contributed by atoms with Crippen molar-refractivity contribution in [3.8, 4) is 0 Å². The minimum atomic E-state index is -4.43. The molecule has 1 aliphatic heterocycles. The van der Waals surface area contributed by atoms with Gasteiger partial charge in [0.2, 0.25) is 5.91 Å². The number of carbonyl (C=O) groups is 1. The Bertz CT molecular complexity index is 459. The average Bonchev–Trinajstić information content (AvgIpc) is 2.63. The van der Waals surface area contributed by atoms with E-state index >= 15 is 0 Å². The molecule has 0 atom stereocenters. The van der Waals surface area contributed by atoms with Gasteiger partial charge in [-0.3, -0.25) is 4.79 Å². The van der Waals surface area contributed by atoms with Crippen LogP contribution in [0.2, 0.25) is 5.02 Å². The second-order valence-electron chi connectivity index (χ2n) is 3.81. The zero-order valence-electron chi connectivity index (χ0n) is 8.72. The lowest BCUT2D eigenvalue weighted by molar-refractivity contribution is -0.137. The van der Waals surface area contributed by atoms with Crippen LogP contribution in [0.4, 0.5) is 18.9 Å². The third kappa shape index (κ3) is 2.39. The van der Waals surface area contributed by atoms with E-state index in [1.54, 1.807) is 0 Å². The van der Waals surface area contributed by atoms with E-state index in [-0.39, 0.29) is 16.6 Å². The first-order valence-electron chi connectivity index (χ1n) is 5.07. The van der Waals surface area contributed by atoms with E-state index < -0.39 is 11.7 Å². The molecule has 0 spiro atoms. The van der Waals surface area contributed by atoms with E-state index in [2.05, 4.69) is 0 Å². The molecule has 0 radical (unpaired) electrons. The smallest absolute Gasteiger partial charge is 0.311 e. The zero-order valence-corrected chi connectivity index (χ0v) is 9.48. The number of hydrogen-bond donors (Lipinski definition) is 0. The van der Waals surface area contributed by atoms with Crippen LogP contribution in [0.15, 0.2) is 18.2 Å². The molecule has 6 heteroatoms. The van der Waals surface area contributed by atoms with Gasteiger partial charge in [0.25, 0.3) is 0 Å². The second-order valence-corrected chi connectivity index (χ2v) is 4.22. The molecule has 0 aromatic heterocycles. The number of amides is 1. The molecule has 0 saturated carbocycles. The van der Waals surface area contributed by atoms with Gasteiger partial charge >= 0.3 is 6.18 Å². The van der Waals surface area contributed by atoms with Gasteiger partial charge in [0.15, 0.2) is 0 Å². The maximum absolute atomic E-state index is 12.5. The highest BCUT2D eigenvalue weighted by Gasteiger charge is 2.32. The standard InChI is InChI=1S/C11H9ClF3NO/c12-8-4-3-7(11(13,14)15)6-9(8)16-5-1-2-10(16)17/h3-4,6H,1-2,5H2. The quantitative estimate of drug-likeness (QED) is 0.760. The Morgan fingerprint density at radius 1 is 1.29 bits per heavy atom. The van der Waals surface area contributed by atoms with Crippen LogP contribution in [0.3, 0.4) is 0 Å². The van der Waals surface area contributed by atoms with E-state index in [1.165, 1.54) is 11.0 Å². The molecule has 92 valence electrons. The van der Waals surface area contributed by atoms with Crippen molar-refractivity contribution in [1.29, 1.82) is 0 Å². The van der Waals surface area contributed by atoms with Crippen LogP contribution >= 0.6 is 11.6 Å². The molecule has 1 aromatic carbocycles. The van der Waals surface area contributed by atoms with E-state index in [9.17, 15) is 18.0 Å². The largest absolute Gasteiger partial charge is 0.416 e. The van der Waals surface area contributed by atoms with Crippen molar-refractivity contribution in [1.82, 2.24) is 0 Å². The lowest BCUT2D eigenvalue weighted by Crippen LogP contribution is -2.24. The van der Waals surface area contributed by atoms with Crippen LogP contribution in [0, 0.1) is 0 Å². The van der Waals surface area contributed by atoms with Gasteiger partial charge in [0.1, 0.15) is 0 Å². The number of hydrogen-bond acceptors (Lipinski definition) is 1. The molecule has 0 unspecified atom stereocenters. The first kappa shape index (κ1) is 12.2. The summed E-state index contributed by atoms with van der Waals surface area (Å²) in [5.41, 5.74) is -0.652. The number of benzene rings is 1. The van der Waals surface area contributed by atoms with Crippen LogP contribution in [-0.4, -0.2) is 12.5 Å². The van der Waals surface area contributed by atoms with Gasteiger partial charge in [-0.15, -0.1) is 0 Å². The Morgan fingerprint density at radius 2 is 2.00 bits per heavy atom. The topological polar surface area (TPSA) is 20.3 Å². The van der Waals surface area contributed by atoms with Gasteiger partial charge < -0.3 is 4.90 Å². The number of alkyl halides is 3. The molecule has 1 aromatic rings. The number of nitrogens with zero attached hydrogens (tertiary/aromatic N) is 1. The van der Waals surface area contributed by atoms with E-state index in [4.69, 9.17) is 11.6 Å². The molecule has 2 rings (SSSR count). The van der Waals surface area contributed by atoms with Crippen LogP contribution < -0.4 is 4.90 Å². The van der Waals surface area contributed by atoms with Crippen molar-refractivity contribution in [3.05, 3.63) is 28.8 Å². The molecule has 17 heavy (non-hydrogen) atoms. The summed E-state index contributed by atoms with van der Waals surface area (Å²) in [6, 6.07) is 3.00. The fourth-order valence-electron chi connectivity index (χ4n) is 1.80. The molecule has 0 aliphatic carbocycles.